The SMILES string of the molecule is Cc1cc(OCC(=O)Nc2nc(-c3ccc4c(c3)NC(=O)CO4)cs2)ccc1Cl. The molecule has 1 aliphatic rings. The molecule has 1 aromatic heterocycles. The minimum absolute atomic E-state index is 0.0108. The summed E-state index contributed by atoms with van der Waals surface area (Å²) in [5.41, 5.74) is 2.96. The minimum atomic E-state index is -0.315. The lowest BCUT2D eigenvalue weighted by Crippen LogP contribution is -2.25. The zero-order chi connectivity index (χ0) is 20.4. The minimum Gasteiger partial charge on any atom is -0.484 e. The number of hydrogen-bond acceptors (Lipinski definition) is 6. The van der Waals surface area contributed by atoms with Crippen molar-refractivity contribution >= 4 is 45.6 Å². The lowest BCUT2D eigenvalue weighted by Gasteiger charge is -2.18. The van der Waals surface area contributed by atoms with Gasteiger partial charge in [-0.3, -0.25) is 14.9 Å². The van der Waals surface area contributed by atoms with Crippen LogP contribution in [0.15, 0.2) is 41.8 Å². The second kappa shape index (κ2) is 8.10. The third-order valence-electron chi connectivity index (χ3n) is 4.16. The van der Waals surface area contributed by atoms with Crippen LogP contribution in [0.1, 0.15) is 5.56 Å². The van der Waals surface area contributed by atoms with Gasteiger partial charge in [0.25, 0.3) is 11.8 Å². The predicted octanol–water partition coefficient (Wildman–Crippen LogP) is 4.12. The molecule has 4 rings (SSSR count). The third-order valence-corrected chi connectivity index (χ3v) is 5.34. The van der Waals surface area contributed by atoms with Crippen molar-refractivity contribution in [3.8, 4) is 22.8 Å². The molecule has 29 heavy (non-hydrogen) atoms. The smallest absolute Gasteiger partial charge is 0.264 e. The number of carbonyl (C=O) groups is 2. The summed E-state index contributed by atoms with van der Waals surface area (Å²) in [6.07, 6.45) is 0. The normalized spacial score (nSPS) is 12.6. The van der Waals surface area contributed by atoms with Crippen molar-refractivity contribution in [1.29, 1.82) is 0 Å². The summed E-state index contributed by atoms with van der Waals surface area (Å²) in [5, 5.41) is 8.41. The van der Waals surface area contributed by atoms with Gasteiger partial charge in [0.1, 0.15) is 11.5 Å². The number of fused-ring (bicyclic) bond motifs is 1. The Morgan fingerprint density at radius 1 is 1.34 bits per heavy atom. The van der Waals surface area contributed by atoms with Gasteiger partial charge in [0.15, 0.2) is 18.3 Å². The van der Waals surface area contributed by atoms with E-state index in [1.165, 1.54) is 11.3 Å². The fraction of sp³-hybridized carbons (Fsp3) is 0.150. The van der Waals surface area contributed by atoms with Gasteiger partial charge in [0.05, 0.1) is 11.4 Å². The molecule has 3 aromatic rings. The van der Waals surface area contributed by atoms with Gasteiger partial charge < -0.3 is 14.8 Å². The van der Waals surface area contributed by atoms with Crippen molar-refractivity contribution in [3.05, 3.63) is 52.4 Å². The topological polar surface area (TPSA) is 89.5 Å². The summed E-state index contributed by atoms with van der Waals surface area (Å²) in [6.45, 7) is 1.74. The van der Waals surface area contributed by atoms with E-state index in [0.717, 1.165) is 11.1 Å². The monoisotopic (exact) mass is 429 g/mol. The van der Waals surface area contributed by atoms with Crippen LogP contribution in [0.2, 0.25) is 5.02 Å². The Morgan fingerprint density at radius 2 is 2.21 bits per heavy atom. The van der Waals surface area contributed by atoms with E-state index in [9.17, 15) is 9.59 Å². The molecule has 0 atom stereocenters. The quantitative estimate of drug-likeness (QED) is 0.636. The summed E-state index contributed by atoms with van der Waals surface area (Å²) < 4.78 is 10.8. The molecule has 2 heterocycles. The van der Waals surface area contributed by atoms with Crippen LogP contribution >= 0.6 is 22.9 Å². The van der Waals surface area contributed by atoms with Crippen LogP contribution in [0.3, 0.4) is 0 Å². The molecule has 2 aromatic carbocycles. The maximum Gasteiger partial charge on any atom is 0.264 e. The zero-order valence-electron chi connectivity index (χ0n) is 15.3. The van der Waals surface area contributed by atoms with E-state index in [2.05, 4.69) is 15.6 Å². The van der Waals surface area contributed by atoms with Gasteiger partial charge in [-0.2, -0.15) is 0 Å². The Hall–Kier alpha value is -3.10. The number of ether oxygens (including phenoxy) is 2. The van der Waals surface area contributed by atoms with Crippen LogP contribution < -0.4 is 20.1 Å². The maximum atomic E-state index is 12.2. The molecule has 2 N–H and O–H groups in total. The zero-order valence-corrected chi connectivity index (χ0v) is 16.9. The summed E-state index contributed by atoms with van der Waals surface area (Å²) in [6, 6.07) is 10.6. The number of hydrogen-bond donors (Lipinski definition) is 2. The highest BCUT2D eigenvalue weighted by Crippen LogP contribution is 2.33. The molecule has 0 saturated heterocycles. The number of nitrogens with zero attached hydrogens (tertiary/aromatic N) is 1. The summed E-state index contributed by atoms with van der Waals surface area (Å²) in [4.78, 5) is 28.1. The van der Waals surface area contributed by atoms with E-state index in [1.807, 2.05) is 18.4 Å². The van der Waals surface area contributed by atoms with E-state index >= 15 is 0 Å². The first-order valence-corrected chi connectivity index (χ1v) is 9.95. The van der Waals surface area contributed by atoms with Gasteiger partial charge in [-0.25, -0.2) is 4.98 Å². The summed E-state index contributed by atoms with van der Waals surface area (Å²) >= 11 is 7.28. The van der Waals surface area contributed by atoms with E-state index in [0.29, 0.717) is 33.0 Å². The molecule has 148 valence electrons. The first-order chi connectivity index (χ1) is 14.0. The van der Waals surface area contributed by atoms with E-state index in [-0.39, 0.29) is 25.0 Å². The van der Waals surface area contributed by atoms with Gasteiger partial charge in [0, 0.05) is 16.0 Å². The number of anilines is 2. The standard InChI is InChI=1S/C20H16ClN3O4S/c1-11-6-13(3-4-14(11)21)27-8-19(26)24-20-23-16(10-29-20)12-2-5-17-15(7-12)22-18(25)9-28-17/h2-7,10H,8-9H2,1H3,(H,22,25)(H,23,24,26). The van der Waals surface area contributed by atoms with Crippen molar-refractivity contribution in [2.45, 2.75) is 6.92 Å². The summed E-state index contributed by atoms with van der Waals surface area (Å²) in [5.74, 6) is 0.674. The van der Waals surface area contributed by atoms with Crippen LogP contribution in [0.25, 0.3) is 11.3 Å². The highest BCUT2D eigenvalue weighted by Gasteiger charge is 2.17. The molecule has 0 fully saturated rings. The van der Waals surface area contributed by atoms with Gasteiger partial charge >= 0.3 is 0 Å². The molecule has 0 saturated carbocycles. The largest absolute Gasteiger partial charge is 0.484 e. The second-order valence-corrected chi connectivity index (χ2v) is 7.60. The molecule has 1 aliphatic heterocycles. The van der Waals surface area contributed by atoms with E-state index < -0.39 is 0 Å². The van der Waals surface area contributed by atoms with Crippen molar-refractivity contribution in [1.82, 2.24) is 4.98 Å². The highest BCUT2D eigenvalue weighted by molar-refractivity contribution is 7.14. The number of benzene rings is 2. The molecule has 0 bridgehead atoms. The van der Waals surface area contributed by atoms with Crippen molar-refractivity contribution in [2.75, 3.05) is 23.8 Å². The van der Waals surface area contributed by atoms with Crippen molar-refractivity contribution in [3.63, 3.8) is 0 Å². The lowest BCUT2D eigenvalue weighted by atomic mass is 10.1. The van der Waals surface area contributed by atoms with Crippen molar-refractivity contribution in [2.24, 2.45) is 0 Å². The van der Waals surface area contributed by atoms with Gasteiger partial charge in [0.2, 0.25) is 0 Å². The Morgan fingerprint density at radius 3 is 3.03 bits per heavy atom. The van der Waals surface area contributed by atoms with E-state index in [4.69, 9.17) is 21.1 Å². The Bertz CT molecular complexity index is 1100. The van der Waals surface area contributed by atoms with Crippen LogP contribution in [-0.2, 0) is 9.59 Å². The number of halogens is 1. The average Bonchev–Trinajstić information content (AvgIpc) is 3.16. The number of rotatable bonds is 5. The molecule has 9 heteroatoms. The number of amides is 2. The van der Waals surface area contributed by atoms with Crippen LogP contribution in [0.5, 0.6) is 11.5 Å². The van der Waals surface area contributed by atoms with Crippen LogP contribution in [0, 0.1) is 6.92 Å². The molecule has 2 amide bonds. The number of aromatic nitrogens is 1. The lowest BCUT2D eigenvalue weighted by molar-refractivity contribution is -0.119. The average molecular weight is 430 g/mol. The van der Waals surface area contributed by atoms with Crippen LogP contribution in [0.4, 0.5) is 10.8 Å². The molecule has 7 nitrogen and oxygen atoms in total. The van der Waals surface area contributed by atoms with Crippen molar-refractivity contribution < 1.29 is 19.1 Å². The van der Waals surface area contributed by atoms with Gasteiger partial charge in [-0.05, 0) is 48.9 Å². The van der Waals surface area contributed by atoms with Gasteiger partial charge in [-0.1, -0.05) is 11.6 Å². The number of thiazole rings is 1. The predicted molar refractivity (Wildman–Crippen MR) is 112 cm³/mol. The maximum absolute atomic E-state index is 12.2. The third kappa shape index (κ3) is 4.49. The van der Waals surface area contributed by atoms with Crippen LogP contribution in [-0.4, -0.2) is 30.0 Å². The Kier molecular flexibility index (Phi) is 5.37. The molecule has 0 radical (unpaired) electrons. The number of aryl methyl sites for hydroxylation is 1. The molecular weight excluding hydrogens is 414 g/mol. The molecular formula is C20H16ClN3O4S. The molecule has 0 spiro atoms. The molecule has 0 unspecified atom stereocenters. The fourth-order valence-corrected chi connectivity index (χ4v) is 3.57. The number of carbonyl (C=O) groups excluding carboxylic acids is 2. The summed E-state index contributed by atoms with van der Waals surface area (Å²) in [7, 11) is 0. The Labute approximate surface area is 175 Å². The van der Waals surface area contributed by atoms with E-state index in [1.54, 1.807) is 30.3 Å². The first-order valence-electron chi connectivity index (χ1n) is 8.69. The highest BCUT2D eigenvalue weighted by atomic mass is 35.5. The van der Waals surface area contributed by atoms with Gasteiger partial charge in [-0.15, -0.1) is 11.3 Å². The fourth-order valence-electron chi connectivity index (χ4n) is 2.72. The number of nitrogens with one attached hydrogen (secondary N) is 2. The second-order valence-electron chi connectivity index (χ2n) is 6.33. The first kappa shape index (κ1) is 19.2. The molecule has 0 aliphatic carbocycles. The Balaban J connectivity index is 1.39.